The molecule has 9 atom stereocenters. The Morgan fingerprint density at radius 1 is 0.473 bits per heavy atom. The van der Waals surface area contributed by atoms with Crippen LogP contribution in [0.3, 0.4) is 0 Å². The van der Waals surface area contributed by atoms with E-state index < -0.39 is 181 Å². The number of carboxylic acids is 3. The minimum Gasteiger partial charge on any atom is -0.506 e. The fourth-order valence-electron chi connectivity index (χ4n) is 14.3. The Kier molecular flexibility index (Phi) is 60.3. The number of anilines is 1. The molecule has 0 spiro atoms. The van der Waals surface area contributed by atoms with Crippen LogP contribution in [-0.4, -0.2) is 377 Å². The summed E-state index contributed by atoms with van der Waals surface area (Å²) in [4.78, 5) is 282. The maximum Gasteiger partial charge on any atom is 0.306 e. The van der Waals surface area contributed by atoms with Crippen LogP contribution in [0.5, 0.6) is 5.75 Å². The van der Waals surface area contributed by atoms with Crippen LogP contribution in [0.15, 0.2) is 47.9 Å². The van der Waals surface area contributed by atoms with E-state index in [9.17, 15) is 116 Å². The van der Waals surface area contributed by atoms with Crippen molar-refractivity contribution in [1.29, 1.82) is 0 Å². The first-order chi connectivity index (χ1) is 70.3. The zero-order chi connectivity index (χ0) is 110. The number of amides is 17. The highest BCUT2D eigenvalue weighted by Gasteiger charge is 2.42. The van der Waals surface area contributed by atoms with Crippen molar-refractivity contribution < 1.29 is 159 Å². The van der Waals surface area contributed by atoms with Gasteiger partial charge >= 0.3 is 23.9 Å². The fraction of sp³-hybridized carbons (Fsp3) is 0.649. The number of unbranched alkanes of at least 4 members (excludes halogenated alkanes) is 1. The largest absolute Gasteiger partial charge is 0.506 e. The van der Waals surface area contributed by atoms with Crippen molar-refractivity contribution in [2.75, 3.05) is 171 Å². The van der Waals surface area contributed by atoms with Gasteiger partial charge in [0.1, 0.15) is 40.6 Å². The number of hydrogen-bond acceptors (Lipinski definition) is 33. The Bertz CT molecular complexity index is 4750. The van der Waals surface area contributed by atoms with E-state index >= 15 is 0 Å². The lowest BCUT2D eigenvalue weighted by Crippen LogP contribution is -2.64. The topological polar surface area (TPSA) is 683 Å². The fourth-order valence-corrected chi connectivity index (χ4v) is 15.2. The van der Waals surface area contributed by atoms with Gasteiger partial charge < -0.3 is 127 Å². The van der Waals surface area contributed by atoms with Crippen molar-refractivity contribution in [2.24, 2.45) is 17.8 Å². The molecule has 0 radical (unpaired) electrons. The molecule has 0 bridgehead atoms. The predicted octanol–water partition coefficient (Wildman–Crippen LogP) is -0.274. The Morgan fingerprint density at radius 2 is 0.912 bits per heavy atom. The number of benzene rings is 1. The quantitative estimate of drug-likeness (QED) is 0.0175. The maximum absolute atomic E-state index is 14.5. The van der Waals surface area contributed by atoms with Gasteiger partial charge in [0.2, 0.25) is 70.9 Å². The second-order valence-electron chi connectivity index (χ2n) is 36.0. The van der Waals surface area contributed by atoms with E-state index in [4.69, 9.17) is 43.0 Å². The molecule has 2 aromatic rings. The summed E-state index contributed by atoms with van der Waals surface area (Å²) >= 11 is 1.02. The number of ether oxygens (including phenoxy) is 8. The van der Waals surface area contributed by atoms with Gasteiger partial charge in [0.05, 0.1) is 116 Å². The Balaban J connectivity index is 1.38. The molecule has 2 aliphatic rings. The number of hydrogen-bond donors (Lipinski definition) is 16. The van der Waals surface area contributed by atoms with E-state index in [1.54, 1.807) is 39.9 Å². The summed E-state index contributed by atoms with van der Waals surface area (Å²) in [7, 11) is 5.13. The first-order valence-corrected chi connectivity index (χ1v) is 50.3. The van der Waals surface area contributed by atoms with Crippen LogP contribution in [0.25, 0.3) is 0 Å². The second-order valence-corrected chi connectivity index (χ2v) is 36.9. The van der Waals surface area contributed by atoms with Crippen LogP contribution in [0.2, 0.25) is 0 Å². The third-order valence-corrected chi connectivity index (χ3v) is 24.5. The van der Waals surface area contributed by atoms with E-state index in [0.29, 0.717) is 24.9 Å². The van der Waals surface area contributed by atoms with Crippen molar-refractivity contribution in [3.8, 4) is 5.75 Å². The van der Waals surface area contributed by atoms with Gasteiger partial charge in [-0.15, -0.1) is 11.3 Å². The van der Waals surface area contributed by atoms with Crippen LogP contribution in [0.1, 0.15) is 198 Å². The molecular formula is C97H149N17O33S. The van der Waals surface area contributed by atoms with E-state index in [2.05, 4.69) is 68.8 Å². The van der Waals surface area contributed by atoms with Crippen LogP contribution in [0.4, 0.5) is 5.69 Å². The SMILES string of the molecule is CC[C@H](C)[C@H](NC(=O)C(C)(C)N(C)C)C(=O)N(C)[C@H](C[C@@H](OC(C)=O)c1nc(C(=O)N[C@@H](Cc2ccc(O)c(NC(=O)CCCNC(=O)[C@H](CCCCNC(=O)CCOCCOCCOCCC(=O)NCCOCCOCCC(=O)NCCOCCOCCC(=O)O)NC(=O)CCCNC(=O)[C@H](NC(=O)CCN3C(=O)C=CC3=O)[C@H](NC(=O)CCN3C(=O)C=CC3=O)C(=O)NCCCC(=O)O)c2)C[C@H](C)C(=O)O)cs1)C(C)C. The lowest BCUT2D eigenvalue weighted by molar-refractivity contribution is -0.150. The molecule has 50 nitrogen and oxygen atoms in total. The summed E-state index contributed by atoms with van der Waals surface area (Å²) in [6.45, 7) is 15.2. The second kappa shape index (κ2) is 70.1. The van der Waals surface area contributed by atoms with Crippen molar-refractivity contribution in [2.45, 2.75) is 225 Å². The van der Waals surface area contributed by atoms with Crippen molar-refractivity contribution in [3.63, 3.8) is 0 Å². The summed E-state index contributed by atoms with van der Waals surface area (Å²) < 4.78 is 43.7. The average Bonchev–Trinajstić information content (AvgIpc) is 1.54. The molecule has 0 aliphatic carbocycles. The van der Waals surface area contributed by atoms with Crippen LogP contribution < -0.4 is 63.8 Å². The zero-order valence-corrected chi connectivity index (χ0v) is 87.0. The molecule has 2 aliphatic heterocycles. The van der Waals surface area contributed by atoms with E-state index in [1.807, 2.05) is 27.7 Å². The van der Waals surface area contributed by atoms with Crippen molar-refractivity contribution >= 4 is 141 Å². The number of carbonyl (C=O) groups is 21. The molecule has 1 aromatic carbocycles. The first kappa shape index (κ1) is 127. The lowest BCUT2D eigenvalue weighted by Gasteiger charge is -2.38. The Hall–Kier alpha value is -12.9. The summed E-state index contributed by atoms with van der Waals surface area (Å²) in [6, 6.07) is -3.43. The molecule has 51 heteroatoms. The smallest absolute Gasteiger partial charge is 0.306 e. The number of nitrogens with one attached hydrogen (secondary N) is 12. The highest BCUT2D eigenvalue weighted by atomic mass is 32.1. The number of phenolic OH excluding ortho intramolecular Hbond substituents is 1. The molecule has 3 heterocycles. The zero-order valence-electron chi connectivity index (χ0n) is 86.2. The average molecular weight is 2110 g/mol. The normalized spacial score (nSPS) is 14.1. The van der Waals surface area contributed by atoms with Crippen molar-refractivity contribution in [1.82, 2.24) is 83.1 Å². The molecule has 1 aromatic heterocycles. The van der Waals surface area contributed by atoms with Crippen molar-refractivity contribution in [3.05, 3.63) is 64.1 Å². The number of aromatic hydroxyl groups is 1. The maximum atomic E-state index is 14.5. The molecule has 0 fully saturated rings. The van der Waals surface area contributed by atoms with Crippen LogP contribution in [0, 0.1) is 17.8 Å². The molecule has 17 amide bonds. The van der Waals surface area contributed by atoms with Crippen LogP contribution >= 0.6 is 11.3 Å². The Labute approximate surface area is 863 Å². The third-order valence-electron chi connectivity index (χ3n) is 23.5. The number of aliphatic carboxylic acids is 3. The van der Waals surface area contributed by atoms with Gasteiger partial charge in [-0.05, 0) is 109 Å². The number of rotatable bonds is 80. The minimum absolute atomic E-state index is 0.00828. The minimum atomic E-state index is -2.01. The number of imide groups is 2. The summed E-state index contributed by atoms with van der Waals surface area (Å²) in [5, 5.41) is 72.3. The van der Waals surface area contributed by atoms with E-state index in [0.717, 1.165) is 45.4 Å². The van der Waals surface area contributed by atoms with Gasteiger partial charge in [-0.25, -0.2) is 4.98 Å². The molecule has 16 N–H and O–H groups in total. The number of phenols is 1. The van der Waals surface area contributed by atoms with Gasteiger partial charge in [-0.1, -0.05) is 47.1 Å². The highest BCUT2D eigenvalue weighted by Crippen LogP contribution is 2.33. The van der Waals surface area contributed by atoms with E-state index in [-0.39, 0.29) is 279 Å². The molecule has 0 saturated carbocycles. The van der Waals surface area contributed by atoms with E-state index in [1.165, 1.54) is 42.3 Å². The molecule has 0 unspecified atom stereocenters. The molecular weight excluding hydrogens is 1960 g/mol. The number of carbonyl (C=O) groups excluding carboxylic acids is 18. The summed E-state index contributed by atoms with van der Waals surface area (Å²) in [6.07, 6.45) is 1.30. The lowest BCUT2D eigenvalue weighted by atomic mass is 9.92. The monoisotopic (exact) mass is 2110 g/mol. The number of esters is 1. The summed E-state index contributed by atoms with van der Waals surface area (Å²) in [5.41, 5.74) is -0.690. The molecule has 4 rings (SSSR count). The predicted molar refractivity (Wildman–Crippen MR) is 531 cm³/mol. The van der Waals surface area contributed by atoms with Gasteiger partial charge in [0, 0.05) is 166 Å². The molecule has 0 saturated heterocycles. The number of carboxylic acid groups (broad SMARTS) is 3. The number of likely N-dealkylation sites (N-methyl/N-ethyl adjacent to an activating group) is 2. The Morgan fingerprint density at radius 3 is 1.37 bits per heavy atom. The third kappa shape index (κ3) is 50.7. The highest BCUT2D eigenvalue weighted by molar-refractivity contribution is 7.09. The first-order valence-electron chi connectivity index (χ1n) is 49.4. The van der Waals surface area contributed by atoms with Crippen LogP contribution in [-0.2, 0) is 140 Å². The van der Waals surface area contributed by atoms with Gasteiger partial charge in [0.15, 0.2) is 6.10 Å². The molecule has 148 heavy (non-hydrogen) atoms. The standard InChI is InChI=1S/C97H149N17O33S/c1-12-62(4)86(110-96(139)97(7,8)111(9)10)94(136)112(11)70(61(2)3)59-72(147-64(6)115)93-107-69(60-148-93)90(133)104-66(56-63(5)95(137)138)57-65-22-23-71(116)68(58-65)106-77(121)20-15-35-101-89(132)67(18-13-14-34-98-73(117)30-42-141-50-54-146-55-51-142-44-32-75(119)99-38-46-144-52-48-140-43-31-74(118)100-39-47-145-53-49-143-45-33-85(130)131)105-76(120)19-16-36-102-91(134)87(108-78(122)28-40-113-80(124)24-25-81(113)125)88(92(135)103-37-17-21-84(128)129)109-79(123)29-41-114-82(126)26-27-83(114)127/h22-27,58,60-63,66-67,70,72,86-88,116H,12-21,28-57,59H2,1-11H3,(H,98,117)(H,99,119)(H,100,118)(H,101,132)(H,102,134)(H,103,135)(H,104,133)(H,105,120)(H,106,121)(H,108,122)(H,109,123)(H,110,139)(H,128,129)(H,130,131)(H,137,138)/t62-,63-,66+,67-,70+,72+,86-,87+,88-/m0/s1. The van der Waals surface area contributed by atoms with Gasteiger partial charge in [0.25, 0.3) is 29.5 Å². The number of aromatic nitrogens is 1. The van der Waals surface area contributed by atoms with Gasteiger partial charge in [-0.2, -0.15) is 0 Å². The van der Waals surface area contributed by atoms with Gasteiger partial charge in [-0.3, -0.25) is 115 Å². The summed E-state index contributed by atoms with van der Waals surface area (Å²) in [5.74, 6) is -17.4. The number of nitrogens with zero attached hydrogens (tertiary/aromatic N) is 5. The molecule has 826 valence electrons. The number of thiazole rings is 1.